The van der Waals surface area contributed by atoms with Crippen molar-refractivity contribution in [3.8, 4) is 17.2 Å². The zero-order valence-electron chi connectivity index (χ0n) is 11.2. The van der Waals surface area contributed by atoms with Crippen molar-refractivity contribution in [2.45, 2.75) is 13.8 Å². The summed E-state index contributed by atoms with van der Waals surface area (Å²) in [6.45, 7) is 4.08. The van der Waals surface area contributed by atoms with E-state index in [4.69, 9.17) is 15.2 Å². The van der Waals surface area contributed by atoms with Gasteiger partial charge in [0.1, 0.15) is 5.75 Å². The van der Waals surface area contributed by atoms with Crippen molar-refractivity contribution in [3.63, 3.8) is 0 Å². The van der Waals surface area contributed by atoms with Gasteiger partial charge in [0.2, 0.25) is 0 Å². The fraction of sp³-hybridized carbons (Fsp3) is 0.200. The Morgan fingerprint density at radius 1 is 1.15 bits per heavy atom. The van der Waals surface area contributed by atoms with Crippen molar-refractivity contribution in [2.24, 2.45) is 0 Å². The molecule has 0 fully saturated rings. The standard InChI is InChI=1S/C15H15BrFNO2/c1-3-19-14-8-15(12(18)7-11(14)17)20-13-5-4-10(16)6-9(13)2/h4-8H,3,18H2,1-2H3. The molecule has 0 aliphatic carbocycles. The van der Waals surface area contributed by atoms with Crippen LogP contribution in [0.3, 0.4) is 0 Å². The molecule has 3 nitrogen and oxygen atoms in total. The van der Waals surface area contributed by atoms with Crippen molar-refractivity contribution in [1.29, 1.82) is 0 Å². The van der Waals surface area contributed by atoms with Gasteiger partial charge in [0, 0.05) is 16.6 Å². The van der Waals surface area contributed by atoms with E-state index in [0.29, 0.717) is 18.1 Å². The third-order valence-electron chi connectivity index (χ3n) is 2.72. The lowest BCUT2D eigenvalue weighted by Crippen LogP contribution is -1.99. The van der Waals surface area contributed by atoms with E-state index in [2.05, 4.69) is 15.9 Å². The van der Waals surface area contributed by atoms with Gasteiger partial charge in [-0.25, -0.2) is 4.39 Å². The van der Waals surface area contributed by atoms with Gasteiger partial charge in [0.05, 0.1) is 12.3 Å². The number of benzene rings is 2. The van der Waals surface area contributed by atoms with Gasteiger partial charge in [0.25, 0.3) is 0 Å². The molecule has 0 heterocycles. The molecule has 106 valence electrons. The van der Waals surface area contributed by atoms with Crippen LogP contribution in [0, 0.1) is 12.7 Å². The second kappa shape index (κ2) is 6.13. The molecule has 0 spiro atoms. The summed E-state index contributed by atoms with van der Waals surface area (Å²) in [5.41, 5.74) is 6.96. The minimum Gasteiger partial charge on any atom is -0.491 e. The Kier molecular flexibility index (Phi) is 4.49. The summed E-state index contributed by atoms with van der Waals surface area (Å²) in [4.78, 5) is 0. The van der Waals surface area contributed by atoms with Gasteiger partial charge in [-0.15, -0.1) is 0 Å². The first-order valence-corrected chi connectivity index (χ1v) is 6.96. The minimum atomic E-state index is -0.496. The number of anilines is 1. The van der Waals surface area contributed by atoms with Gasteiger partial charge in [-0.05, 0) is 37.6 Å². The van der Waals surface area contributed by atoms with Crippen LogP contribution in [0.4, 0.5) is 10.1 Å². The Labute approximate surface area is 125 Å². The number of rotatable bonds is 4. The lowest BCUT2D eigenvalue weighted by molar-refractivity contribution is 0.319. The lowest BCUT2D eigenvalue weighted by Gasteiger charge is -2.13. The SMILES string of the molecule is CCOc1cc(Oc2ccc(Br)cc2C)c(N)cc1F. The average Bonchev–Trinajstić information content (AvgIpc) is 2.38. The number of ether oxygens (including phenoxy) is 2. The first kappa shape index (κ1) is 14.7. The Hall–Kier alpha value is -1.75. The molecule has 0 saturated carbocycles. The van der Waals surface area contributed by atoms with Gasteiger partial charge < -0.3 is 15.2 Å². The maximum atomic E-state index is 13.6. The molecule has 0 aliphatic rings. The summed E-state index contributed by atoms with van der Waals surface area (Å²) in [6.07, 6.45) is 0. The number of nitrogen functional groups attached to an aromatic ring is 1. The summed E-state index contributed by atoms with van der Waals surface area (Å²) < 4.78 is 25.5. The van der Waals surface area contributed by atoms with E-state index in [1.54, 1.807) is 6.92 Å². The van der Waals surface area contributed by atoms with Crippen LogP contribution in [-0.2, 0) is 0 Å². The summed E-state index contributed by atoms with van der Waals surface area (Å²) >= 11 is 3.39. The van der Waals surface area contributed by atoms with Gasteiger partial charge in [-0.1, -0.05) is 15.9 Å². The van der Waals surface area contributed by atoms with Crippen LogP contribution in [-0.4, -0.2) is 6.61 Å². The number of aryl methyl sites for hydroxylation is 1. The molecular formula is C15H15BrFNO2. The summed E-state index contributed by atoms with van der Waals surface area (Å²) in [6, 6.07) is 8.29. The highest BCUT2D eigenvalue weighted by Crippen LogP contribution is 2.35. The maximum absolute atomic E-state index is 13.6. The van der Waals surface area contributed by atoms with Gasteiger partial charge >= 0.3 is 0 Å². The zero-order valence-corrected chi connectivity index (χ0v) is 12.8. The van der Waals surface area contributed by atoms with E-state index >= 15 is 0 Å². The molecule has 5 heteroatoms. The largest absolute Gasteiger partial charge is 0.491 e. The zero-order chi connectivity index (χ0) is 14.7. The van der Waals surface area contributed by atoms with Crippen molar-refractivity contribution in [1.82, 2.24) is 0 Å². The molecule has 2 N–H and O–H groups in total. The number of hydrogen-bond donors (Lipinski definition) is 1. The summed E-state index contributed by atoms with van der Waals surface area (Å²) in [5.74, 6) is 0.671. The normalized spacial score (nSPS) is 10.4. The van der Waals surface area contributed by atoms with Crippen molar-refractivity contribution in [3.05, 3.63) is 46.2 Å². The van der Waals surface area contributed by atoms with Crippen LogP contribution >= 0.6 is 15.9 Å². The monoisotopic (exact) mass is 339 g/mol. The van der Waals surface area contributed by atoms with Crippen LogP contribution in [0.2, 0.25) is 0 Å². The van der Waals surface area contributed by atoms with Crippen molar-refractivity contribution < 1.29 is 13.9 Å². The van der Waals surface area contributed by atoms with Gasteiger partial charge in [-0.3, -0.25) is 0 Å². The van der Waals surface area contributed by atoms with Crippen LogP contribution in [0.5, 0.6) is 17.2 Å². The van der Waals surface area contributed by atoms with Crippen LogP contribution in [0.1, 0.15) is 12.5 Å². The maximum Gasteiger partial charge on any atom is 0.167 e. The van der Waals surface area contributed by atoms with Gasteiger partial charge in [-0.2, -0.15) is 0 Å². The van der Waals surface area contributed by atoms with Gasteiger partial charge in [0.15, 0.2) is 17.3 Å². The van der Waals surface area contributed by atoms with Crippen LogP contribution < -0.4 is 15.2 Å². The molecule has 2 aromatic rings. The molecule has 2 rings (SSSR count). The fourth-order valence-electron chi connectivity index (χ4n) is 1.75. The third-order valence-corrected chi connectivity index (χ3v) is 3.21. The molecule has 0 unspecified atom stereocenters. The van der Waals surface area contributed by atoms with E-state index in [9.17, 15) is 4.39 Å². The second-order valence-corrected chi connectivity index (χ2v) is 5.18. The number of hydrogen-bond acceptors (Lipinski definition) is 3. The second-order valence-electron chi connectivity index (χ2n) is 4.27. The van der Waals surface area contributed by atoms with E-state index < -0.39 is 5.82 Å². The Morgan fingerprint density at radius 2 is 1.90 bits per heavy atom. The smallest absolute Gasteiger partial charge is 0.167 e. The molecule has 20 heavy (non-hydrogen) atoms. The Morgan fingerprint density at radius 3 is 2.55 bits per heavy atom. The first-order chi connectivity index (χ1) is 9.51. The third kappa shape index (κ3) is 3.22. The van der Waals surface area contributed by atoms with Crippen LogP contribution in [0.25, 0.3) is 0 Å². The van der Waals surface area contributed by atoms with E-state index in [0.717, 1.165) is 10.0 Å². The Balaban J connectivity index is 2.35. The number of halogens is 2. The van der Waals surface area contributed by atoms with E-state index in [1.165, 1.54) is 12.1 Å². The predicted molar refractivity (Wildman–Crippen MR) is 80.9 cm³/mol. The highest BCUT2D eigenvalue weighted by molar-refractivity contribution is 9.10. The molecule has 0 bridgehead atoms. The summed E-state index contributed by atoms with van der Waals surface area (Å²) in [5, 5.41) is 0. The highest BCUT2D eigenvalue weighted by Gasteiger charge is 2.11. The molecule has 0 aromatic heterocycles. The molecule has 2 aromatic carbocycles. The molecule has 0 radical (unpaired) electrons. The van der Waals surface area contributed by atoms with Crippen LogP contribution in [0.15, 0.2) is 34.8 Å². The average molecular weight is 340 g/mol. The predicted octanol–water partition coefficient (Wildman–Crippen LogP) is 4.67. The molecular weight excluding hydrogens is 325 g/mol. The molecule has 0 atom stereocenters. The minimum absolute atomic E-state index is 0.131. The quantitative estimate of drug-likeness (QED) is 0.823. The van der Waals surface area contributed by atoms with Crippen molar-refractivity contribution in [2.75, 3.05) is 12.3 Å². The van der Waals surface area contributed by atoms with Crippen molar-refractivity contribution >= 4 is 21.6 Å². The summed E-state index contributed by atoms with van der Waals surface area (Å²) in [7, 11) is 0. The first-order valence-electron chi connectivity index (χ1n) is 6.17. The Bertz CT molecular complexity index is 632. The topological polar surface area (TPSA) is 44.5 Å². The molecule has 0 saturated heterocycles. The highest BCUT2D eigenvalue weighted by atomic mass is 79.9. The fourth-order valence-corrected chi connectivity index (χ4v) is 2.23. The van der Waals surface area contributed by atoms with E-state index in [-0.39, 0.29) is 11.4 Å². The number of nitrogens with two attached hydrogens (primary N) is 1. The van der Waals surface area contributed by atoms with E-state index in [1.807, 2.05) is 25.1 Å². The lowest BCUT2D eigenvalue weighted by atomic mass is 10.2. The molecule has 0 amide bonds. The molecule has 0 aliphatic heterocycles.